The lowest BCUT2D eigenvalue weighted by Crippen LogP contribution is -2.32. The van der Waals surface area contributed by atoms with Crippen LogP contribution >= 0.6 is 11.6 Å². The number of hydrogen-bond acceptors (Lipinski definition) is 2. The number of benzene rings is 1. The second-order valence-corrected chi connectivity index (χ2v) is 6.36. The van der Waals surface area contributed by atoms with E-state index in [-0.39, 0.29) is 5.41 Å². The molecule has 0 saturated heterocycles. The fraction of sp³-hybridized carbons (Fsp3) is 0.625. The minimum Gasteiger partial charge on any atom is -0.496 e. The number of nitrogens with two attached hydrogens (primary N) is 1. The quantitative estimate of drug-likeness (QED) is 0.896. The van der Waals surface area contributed by atoms with E-state index in [1.165, 1.54) is 24.0 Å². The third-order valence-electron chi connectivity index (χ3n) is 4.43. The van der Waals surface area contributed by atoms with Gasteiger partial charge < -0.3 is 10.5 Å². The predicted octanol–water partition coefficient (Wildman–Crippen LogP) is 4.24. The van der Waals surface area contributed by atoms with Crippen molar-refractivity contribution in [1.29, 1.82) is 0 Å². The third kappa shape index (κ3) is 2.61. The van der Waals surface area contributed by atoms with Gasteiger partial charge in [0.15, 0.2) is 0 Å². The molecule has 0 radical (unpaired) electrons. The summed E-state index contributed by atoms with van der Waals surface area (Å²) in [5, 5.41) is 0.791. The zero-order chi connectivity index (χ0) is 14.0. The molecule has 1 fully saturated rings. The summed E-state index contributed by atoms with van der Waals surface area (Å²) in [5.41, 5.74) is 8.56. The highest BCUT2D eigenvalue weighted by molar-refractivity contribution is 6.30. The molecule has 0 aromatic heterocycles. The molecule has 0 atom stereocenters. The molecular weight excluding hydrogens is 258 g/mol. The zero-order valence-corrected chi connectivity index (χ0v) is 12.9. The van der Waals surface area contributed by atoms with Crippen molar-refractivity contribution in [2.45, 2.75) is 50.9 Å². The average molecular weight is 282 g/mol. The molecular formula is C16H24ClNO. The molecule has 3 heteroatoms. The molecule has 0 bridgehead atoms. The first-order chi connectivity index (χ1) is 9.04. The van der Waals surface area contributed by atoms with Crippen molar-refractivity contribution in [2.24, 2.45) is 5.73 Å². The molecule has 1 aliphatic carbocycles. The van der Waals surface area contributed by atoms with Crippen molar-refractivity contribution in [3.8, 4) is 5.75 Å². The summed E-state index contributed by atoms with van der Waals surface area (Å²) >= 11 is 6.32. The largest absolute Gasteiger partial charge is 0.496 e. The summed E-state index contributed by atoms with van der Waals surface area (Å²) in [5.74, 6) is 1.38. The summed E-state index contributed by atoms with van der Waals surface area (Å²) in [6, 6.07) is 4.08. The minimum atomic E-state index is 0.0554. The number of rotatable bonds is 4. The lowest BCUT2D eigenvalue weighted by Gasteiger charge is -2.31. The highest BCUT2D eigenvalue weighted by Crippen LogP contribution is 2.47. The summed E-state index contributed by atoms with van der Waals surface area (Å²) in [4.78, 5) is 0. The summed E-state index contributed by atoms with van der Waals surface area (Å²) in [6.07, 6.45) is 4.75. The van der Waals surface area contributed by atoms with Crippen LogP contribution in [0.1, 0.15) is 56.6 Å². The smallest absolute Gasteiger partial charge is 0.126 e. The topological polar surface area (TPSA) is 35.2 Å². The number of methoxy groups -OCH3 is 1. The maximum atomic E-state index is 6.32. The molecule has 0 aliphatic heterocycles. The van der Waals surface area contributed by atoms with Gasteiger partial charge in [-0.15, -0.1) is 0 Å². The van der Waals surface area contributed by atoms with Crippen molar-refractivity contribution in [3.63, 3.8) is 0 Å². The normalized spacial score (nSPS) is 18.0. The number of halogens is 1. The van der Waals surface area contributed by atoms with Gasteiger partial charge >= 0.3 is 0 Å². The fourth-order valence-electron chi connectivity index (χ4n) is 3.30. The van der Waals surface area contributed by atoms with Crippen LogP contribution in [0.4, 0.5) is 0 Å². The van der Waals surface area contributed by atoms with E-state index in [1.807, 2.05) is 6.07 Å². The first-order valence-electron chi connectivity index (χ1n) is 7.12. The summed E-state index contributed by atoms with van der Waals surface area (Å²) in [7, 11) is 1.75. The van der Waals surface area contributed by atoms with Crippen molar-refractivity contribution >= 4 is 11.6 Å². The summed E-state index contributed by atoms with van der Waals surface area (Å²) in [6.45, 7) is 5.00. The molecule has 1 aliphatic rings. The first kappa shape index (κ1) is 14.7. The van der Waals surface area contributed by atoms with Gasteiger partial charge in [0, 0.05) is 22.5 Å². The molecule has 0 unspecified atom stereocenters. The molecule has 2 nitrogen and oxygen atoms in total. The Morgan fingerprint density at radius 2 is 1.95 bits per heavy atom. The van der Waals surface area contributed by atoms with E-state index < -0.39 is 0 Å². The van der Waals surface area contributed by atoms with Gasteiger partial charge in [-0.05, 0) is 36.5 Å². The molecule has 0 spiro atoms. The van der Waals surface area contributed by atoms with Crippen LogP contribution in [0.2, 0.25) is 5.02 Å². The molecule has 1 saturated carbocycles. The first-order valence-corrected chi connectivity index (χ1v) is 7.50. The Morgan fingerprint density at radius 1 is 1.32 bits per heavy atom. The van der Waals surface area contributed by atoms with Crippen molar-refractivity contribution in [1.82, 2.24) is 0 Å². The standard InChI is InChI=1S/C16H24ClNO/c1-11(2)13-8-12(17)9-14(15(13)19-3)16(10-18)6-4-5-7-16/h8-9,11H,4-7,10,18H2,1-3H3. The monoisotopic (exact) mass is 281 g/mol. The fourth-order valence-corrected chi connectivity index (χ4v) is 3.53. The van der Waals surface area contributed by atoms with E-state index in [9.17, 15) is 0 Å². The lowest BCUT2D eigenvalue weighted by atomic mass is 9.77. The highest BCUT2D eigenvalue weighted by Gasteiger charge is 2.37. The molecule has 2 N–H and O–H groups in total. The highest BCUT2D eigenvalue weighted by atomic mass is 35.5. The van der Waals surface area contributed by atoms with Crippen molar-refractivity contribution in [3.05, 3.63) is 28.3 Å². The van der Waals surface area contributed by atoms with Gasteiger partial charge in [-0.3, -0.25) is 0 Å². The Bertz CT molecular complexity index is 450. The van der Waals surface area contributed by atoms with Gasteiger partial charge in [0.1, 0.15) is 5.75 Å². The molecule has 2 rings (SSSR count). The molecule has 106 valence electrons. The Hall–Kier alpha value is -0.730. The number of hydrogen-bond donors (Lipinski definition) is 1. The van der Waals surface area contributed by atoms with Crippen LogP contribution in [0.25, 0.3) is 0 Å². The van der Waals surface area contributed by atoms with Crippen molar-refractivity contribution in [2.75, 3.05) is 13.7 Å². The van der Waals surface area contributed by atoms with E-state index in [4.69, 9.17) is 22.1 Å². The average Bonchev–Trinajstić information content (AvgIpc) is 2.87. The van der Waals surface area contributed by atoms with Crippen LogP contribution in [-0.4, -0.2) is 13.7 Å². The van der Waals surface area contributed by atoms with Crippen LogP contribution in [0.3, 0.4) is 0 Å². The van der Waals surface area contributed by atoms with Crippen LogP contribution in [0, 0.1) is 0 Å². The van der Waals surface area contributed by atoms with Crippen LogP contribution in [0.15, 0.2) is 12.1 Å². The van der Waals surface area contributed by atoms with E-state index in [0.717, 1.165) is 23.6 Å². The Balaban J connectivity index is 2.61. The summed E-state index contributed by atoms with van der Waals surface area (Å²) < 4.78 is 5.72. The van der Waals surface area contributed by atoms with Gasteiger partial charge in [0.05, 0.1) is 7.11 Å². The van der Waals surface area contributed by atoms with Gasteiger partial charge in [0.25, 0.3) is 0 Å². The Labute approximate surface area is 121 Å². The minimum absolute atomic E-state index is 0.0554. The van der Waals surface area contributed by atoms with Gasteiger partial charge in [0.2, 0.25) is 0 Å². The van der Waals surface area contributed by atoms with E-state index in [0.29, 0.717) is 12.5 Å². The molecule has 19 heavy (non-hydrogen) atoms. The Kier molecular flexibility index (Phi) is 4.42. The predicted molar refractivity (Wildman–Crippen MR) is 81.3 cm³/mol. The van der Waals surface area contributed by atoms with Crippen LogP contribution in [0.5, 0.6) is 5.75 Å². The molecule has 0 heterocycles. The van der Waals surface area contributed by atoms with Gasteiger partial charge in [-0.25, -0.2) is 0 Å². The lowest BCUT2D eigenvalue weighted by molar-refractivity contribution is 0.372. The maximum absolute atomic E-state index is 6.32. The van der Waals surface area contributed by atoms with Crippen molar-refractivity contribution < 1.29 is 4.74 Å². The SMILES string of the molecule is COc1c(C(C)C)cc(Cl)cc1C1(CN)CCCC1. The van der Waals surface area contributed by atoms with Crippen LogP contribution in [-0.2, 0) is 5.41 Å². The van der Waals surface area contributed by atoms with E-state index in [1.54, 1.807) is 7.11 Å². The third-order valence-corrected chi connectivity index (χ3v) is 4.65. The molecule has 0 amide bonds. The Morgan fingerprint density at radius 3 is 2.42 bits per heavy atom. The maximum Gasteiger partial charge on any atom is 0.126 e. The second kappa shape index (κ2) is 5.72. The second-order valence-electron chi connectivity index (χ2n) is 5.92. The van der Waals surface area contributed by atoms with Gasteiger partial charge in [-0.1, -0.05) is 38.3 Å². The molecule has 1 aromatic rings. The number of ether oxygens (including phenoxy) is 1. The zero-order valence-electron chi connectivity index (χ0n) is 12.1. The van der Waals surface area contributed by atoms with E-state index in [2.05, 4.69) is 19.9 Å². The van der Waals surface area contributed by atoms with Gasteiger partial charge in [-0.2, -0.15) is 0 Å². The molecule has 1 aromatic carbocycles. The van der Waals surface area contributed by atoms with Crippen LogP contribution < -0.4 is 10.5 Å². The van der Waals surface area contributed by atoms with E-state index >= 15 is 0 Å².